The number of aromatic nitrogens is 1. The first kappa shape index (κ1) is 24.0. The second-order valence-corrected chi connectivity index (χ2v) is 10.1. The van der Waals surface area contributed by atoms with Crippen LogP contribution in [-0.4, -0.2) is 41.4 Å². The van der Waals surface area contributed by atoms with E-state index >= 15 is 0 Å². The van der Waals surface area contributed by atoms with Crippen molar-refractivity contribution in [1.82, 2.24) is 10.3 Å². The summed E-state index contributed by atoms with van der Waals surface area (Å²) in [4.78, 5) is 15.9. The molecule has 1 amide bonds. The Balaban J connectivity index is 1.82. The average Bonchev–Trinajstić information content (AvgIpc) is 2.79. The van der Waals surface area contributed by atoms with Gasteiger partial charge in [0.1, 0.15) is 5.75 Å². The Labute approximate surface area is 192 Å². The van der Waals surface area contributed by atoms with E-state index in [9.17, 15) is 21.6 Å². The van der Waals surface area contributed by atoms with Crippen LogP contribution in [0.15, 0.2) is 76.8 Å². The van der Waals surface area contributed by atoms with Gasteiger partial charge in [0.15, 0.2) is 0 Å². The van der Waals surface area contributed by atoms with Gasteiger partial charge in [0, 0.05) is 18.4 Å². The first-order valence-corrected chi connectivity index (χ1v) is 12.6. The van der Waals surface area contributed by atoms with Gasteiger partial charge in [-0.15, -0.1) is 0 Å². The molecule has 0 bridgehead atoms. The standard InChI is InChI=1S/C21H22N4O6S2/c1-3-23-21(26)19-13-18(10-11-20(19)31-2)33(29,30)24-15-6-8-17(9-7-15)32(27,28)25-16-5-4-12-22-14-16/h4-14,24-25H,3H2,1-2H3,(H,23,26). The summed E-state index contributed by atoms with van der Waals surface area (Å²) in [6, 6.07) is 12.2. The Hall–Kier alpha value is -3.64. The number of nitrogens with one attached hydrogen (secondary N) is 3. The summed E-state index contributed by atoms with van der Waals surface area (Å²) >= 11 is 0. The van der Waals surface area contributed by atoms with E-state index in [1.807, 2.05) is 0 Å². The van der Waals surface area contributed by atoms with Gasteiger partial charge in [0.2, 0.25) is 0 Å². The zero-order chi connectivity index (χ0) is 24.1. The van der Waals surface area contributed by atoms with Crippen LogP contribution in [0.2, 0.25) is 0 Å². The van der Waals surface area contributed by atoms with E-state index in [4.69, 9.17) is 4.74 Å². The molecule has 1 aromatic heterocycles. The number of hydrogen-bond donors (Lipinski definition) is 3. The fourth-order valence-electron chi connectivity index (χ4n) is 2.84. The topological polar surface area (TPSA) is 144 Å². The molecule has 0 fully saturated rings. The monoisotopic (exact) mass is 490 g/mol. The molecular weight excluding hydrogens is 468 g/mol. The number of carbonyl (C=O) groups is 1. The van der Waals surface area contributed by atoms with E-state index in [-0.39, 0.29) is 26.8 Å². The summed E-state index contributed by atoms with van der Waals surface area (Å²) in [6.45, 7) is 2.10. The molecule has 10 nitrogen and oxygen atoms in total. The molecule has 0 aliphatic heterocycles. The Morgan fingerprint density at radius 3 is 2.15 bits per heavy atom. The number of sulfonamides is 2. The minimum absolute atomic E-state index is 0.0581. The molecule has 0 aliphatic rings. The number of benzene rings is 2. The van der Waals surface area contributed by atoms with Crippen molar-refractivity contribution in [3.63, 3.8) is 0 Å². The fraction of sp³-hybridized carbons (Fsp3) is 0.143. The lowest BCUT2D eigenvalue weighted by Gasteiger charge is -2.13. The van der Waals surface area contributed by atoms with E-state index in [0.717, 1.165) is 0 Å². The molecule has 0 aliphatic carbocycles. The second-order valence-electron chi connectivity index (χ2n) is 6.70. The van der Waals surface area contributed by atoms with Crippen LogP contribution in [0.1, 0.15) is 17.3 Å². The molecule has 2 aromatic carbocycles. The maximum absolute atomic E-state index is 12.8. The van der Waals surface area contributed by atoms with E-state index in [2.05, 4.69) is 19.7 Å². The molecule has 0 unspecified atom stereocenters. The largest absolute Gasteiger partial charge is 0.496 e. The third-order valence-corrected chi connectivity index (χ3v) is 7.17. The highest BCUT2D eigenvalue weighted by Gasteiger charge is 2.20. The Kier molecular flexibility index (Phi) is 7.19. The Morgan fingerprint density at radius 1 is 0.909 bits per heavy atom. The number of nitrogens with zero attached hydrogens (tertiary/aromatic N) is 1. The number of anilines is 2. The third-order valence-electron chi connectivity index (χ3n) is 4.39. The highest BCUT2D eigenvalue weighted by Crippen LogP contribution is 2.25. The molecule has 0 atom stereocenters. The van der Waals surface area contributed by atoms with Crippen molar-refractivity contribution in [2.24, 2.45) is 0 Å². The van der Waals surface area contributed by atoms with Crippen LogP contribution in [0.3, 0.4) is 0 Å². The summed E-state index contributed by atoms with van der Waals surface area (Å²) in [5.41, 5.74) is 0.514. The molecule has 0 saturated carbocycles. The molecule has 0 saturated heterocycles. The van der Waals surface area contributed by atoms with Crippen LogP contribution in [-0.2, 0) is 20.0 Å². The van der Waals surface area contributed by atoms with E-state index in [0.29, 0.717) is 12.2 Å². The molecule has 0 radical (unpaired) electrons. The molecule has 33 heavy (non-hydrogen) atoms. The lowest BCUT2D eigenvalue weighted by Crippen LogP contribution is -2.24. The van der Waals surface area contributed by atoms with Gasteiger partial charge in [-0.2, -0.15) is 0 Å². The van der Waals surface area contributed by atoms with E-state index in [1.54, 1.807) is 19.1 Å². The van der Waals surface area contributed by atoms with Crippen molar-refractivity contribution in [3.8, 4) is 5.75 Å². The Morgan fingerprint density at radius 2 is 1.55 bits per heavy atom. The van der Waals surface area contributed by atoms with Crippen LogP contribution in [0.4, 0.5) is 11.4 Å². The smallest absolute Gasteiger partial charge is 0.261 e. The van der Waals surface area contributed by atoms with Gasteiger partial charge in [-0.25, -0.2) is 16.8 Å². The SMILES string of the molecule is CCNC(=O)c1cc(S(=O)(=O)Nc2ccc(S(=O)(=O)Nc3cccnc3)cc2)ccc1OC. The predicted octanol–water partition coefficient (Wildman–Crippen LogP) is 2.44. The normalized spacial score (nSPS) is 11.5. The van der Waals surface area contributed by atoms with Crippen LogP contribution in [0.5, 0.6) is 5.75 Å². The zero-order valence-corrected chi connectivity index (χ0v) is 19.4. The van der Waals surface area contributed by atoms with Crippen molar-refractivity contribution in [2.45, 2.75) is 16.7 Å². The number of carbonyl (C=O) groups excluding carboxylic acids is 1. The van der Waals surface area contributed by atoms with Crippen LogP contribution >= 0.6 is 0 Å². The van der Waals surface area contributed by atoms with Gasteiger partial charge in [-0.3, -0.25) is 19.2 Å². The van der Waals surface area contributed by atoms with Gasteiger partial charge in [-0.05, 0) is 61.5 Å². The first-order chi connectivity index (χ1) is 15.7. The Bertz CT molecular complexity index is 1340. The maximum atomic E-state index is 12.8. The minimum atomic E-state index is -4.07. The van der Waals surface area contributed by atoms with E-state index < -0.39 is 26.0 Å². The van der Waals surface area contributed by atoms with Crippen molar-refractivity contribution in [1.29, 1.82) is 0 Å². The van der Waals surface area contributed by atoms with Gasteiger partial charge < -0.3 is 10.1 Å². The molecule has 174 valence electrons. The molecular formula is C21H22N4O6S2. The lowest BCUT2D eigenvalue weighted by atomic mass is 10.2. The first-order valence-electron chi connectivity index (χ1n) is 9.68. The summed E-state index contributed by atoms with van der Waals surface area (Å²) in [5.74, 6) is -0.238. The summed E-state index contributed by atoms with van der Waals surface area (Å²) < 4.78 is 60.6. The van der Waals surface area contributed by atoms with Crippen LogP contribution in [0.25, 0.3) is 0 Å². The molecule has 1 heterocycles. The summed E-state index contributed by atoms with van der Waals surface area (Å²) in [5, 5.41) is 2.60. The highest BCUT2D eigenvalue weighted by molar-refractivity contribution is 7.93. The third kappa shape index (κ3) is 5.79. The maximum Gasteiger partial charge on any atom is 0.261 e. The summed E-state index contributed by atoms with van der Waals surface area (Å²) in [7, 11) is -6.57. The van der Waals surface area contributed by atoms with Gasteiger partial charge in [0.05, 0.1) is 34.3 Å². The quantitative estimate of drug-likeness (QED) is 0.418. The predicted molar refractivity (Wildman–Crippen MR) is 123 cm³/mol. The molecule has 0 spiro atoms. The highest BCUT2D eigenvalue weighted by atomic mass is 32.2. The summed E-state index contributed by atoms with van der Waals surface area (Å²) in [6.07, 6.45) is 2.88. The number of hydrogen-bond acceptors (Lipinski definition) is 7. The molecule has 3 aromatic rings. The van der Waals surface area contributed by atoms with Gasteiger partial charge in [-0.1, -0.05) is 0 Å². The van der Waals surface area contributed by atoms with Crippen molar-refractivity contribution in [3.05, 3.63) is 72.6 Å². The number of pyridine rings is 1. The minimum Gasteiger partial charge on any atom is -0.496 e. The number of rotatable bonds is 9. The van der Waals surface area contributed by atoms with Crippen LogP contribution in [0, 0.1) is 0 Å². The van der Waals surface area contributed by atoms with Crippen molar-refractivity contribution in [2.75, 3.05) is 23.1 Å². The van der Waals surface area contributed by atoms with Crippen molar-refractivity contribution < 1.29 is 26.4 Å². The van der Waals surface area contributed by atoms with Gasteiger partial charge in [0.25, 0.3) is 26.0 Å². The molecule has 12 heteroatoms. The number of ether oxygens (including phenoxy) is 1. The fourth-order valence-corrected chi connectivity index (χ4v) is 4.97. The average molecular weight is 491 g/mol. The number of methoxy groups -OCH3 is 1. The van der Waals surface area contributed by atoms with E-state index in [1.165, 1.54) is 62.0 Å². The van der Waals surface area contributed by atoms with Crippen molar-refractivity contribution >= 4 is 37.3 Å². The molecule has 3 N–H and O–H groups in total. The number of amides is 1. The van der Waals surface area contributed by atoms with Gasteiger partial charge >= 0.3 is 0 Å². The van der Waals surface area contributed by atoms with Crippen LogP contribution < -0.4 is 19.5 Å². The zero-order valence-electron chi connectivity index (χ0n) is 17.8. The molecule has 3 rings (SSSR count). The lowest BCUT2D eigenvalue weighted by molar-refractivity contribution is 0.0952. The second kappa shape index (κ2) is 9.88.